The number of benzene rings is 1. The molecule has 0 aliphatic rings. The third-order valence-corrected chi connectivity index (χ3v) is 4.25. The number of esters is 1. The predicted molar refractivity (Wildman–Crippen MR) is 99.4 cm³/mol. The van der Waals surface area contributed by atoms with Crippen LogP contribution in [0.2, 0.25) is 0 Å². The van der Waals surface area contributed by atoms with E-state index in [1.807, 2.05) is 19.9 Å². The van der Waals surface area contributed by atoms with Crippen LogP contribution < -0.4 is 10.6 Å². The summed E-state index contributed by atoms with van der Waals surface area (Å²) in [5.74, 6) is -1.40. The van der Waals surface area contributed by atoms with Crippen molar-refractivity contribution in [3.8, 4) is 0 Å². The van der Waals surface area contributed by atoms with E-state index < -0.39 is 24.5 Å². The van der Waals surface area contributed by atoms with Gasteiger partial charge in [-0.05, 0) is 55.5 Å². The van der Waals surface area contributed by atoms with Gasteiger partial charge in [-0.15, -0.1) is 11.8 Å². The number of anilines is 1. The summed E-state index contributed by atoms with van der Waals surface area (Å²) in [7, 11) is 0. The number of hydrogen-bond acceptors (Lipinski definition) is 6. The first-order valence-corrected chi connectivity index (χ1v) is 8.97. The molecule has 2 N–H and O–H groups in total. The largest absolute Gasteiger partial charge is 0.452 e. The SMILES string of the molecule is CSc1ncccc1C(=O)OCC(=O)NC(=O)Nc1ccc(C)c(C)c1. The van der Waals surface area contributed by atoms with Gasteiger partial charge >= 0.3 is 12.0 Å². The minimum absolute atomic E-state index is 0.271. The highest BCUT2D eigenvalue weighted by Crippen LogP contribution is 2.17. The summed E-state index contributed by atoms with van der Waals surface area (Å²) in [6.45, 7) is 3.31. The number of thioether (sulfide) groups is 1. The number of amides is 3. The maximum absolute atomic E-state index is 12.0. The van der Waals surface area contributed by atoms with Gasteiger partial charge in [0.2, 0.25) is 0 Å². The van der Waals surface area contributed by atoms with Crippen LogP contribution in [-0.2, 0) is 9.53 Å². The minimum Gasteiger partial charge on any atom is -0.452 e. The first-order chi connectivity index (χ1) is 12.4. The van der Waals surface area contributed by atoms with Crippen molar-refractivity contribution in [2.45, 2.75) is 18.9 Å². The molecule has 0 saturated carbocycles. The van der Waals surface area contributed by atoms with Gasteiger partial charge in [-0.2, -0.15) is 0 Å². The summed E-state index contributed by atoms with van der Waals surface area (Å²) in [5.41, 5.74) is 2.95. The molecule has 26 heavy (non-hydrogen) atoms. The Morgan fingerprint density at radius 3 is 2.62 bits per heavy atom. The molecule has 0 bridgehead atoms. The van der Waals surface area contributed by atoms with E-state index in [-0.39, 0.29) is 5.56 Å². The molecule has 0 unspecified atom stereocenters. The van der Waals surface area contributed by atoms with E-state index in [1.165, 1.54) is 11.8 Å². The van der Waals surface area contributed by atoms with Crippen LogP contribution >= 0.6 is 11.8 Å². The van der Waals surface area contributed by atoms with Crippen LogP contribution in [0.15, 0.2) is 41.6 Å². The van der Waals surface area contributed by atoms with Crippen molar-refractivity contribution in [2.75, 3.05) is 18.2 Å². The zero-order valence-electron chi connectivity index (χ0n) is 14.7. The van der Waals surface area contributed by atoms with Crippen molar-refractivity contribution in [2.24, 2.45) is 0 Å². The van der Waals surface area contributed by atoms with Gasteiger partial charge in [0, 0.05) is 11.9 Å². The Kier molecular flexibility index (Phi) is 6.74. The van der Waals surface area contributed by atoms with E-state index in [0.717, 1.165) is 11.1 Å². The molecule has 1 heterocycles. The van der Waals surface area contributed by atoms with E-state index in [2.05, 4.69) is 15.6 Å². The monoisotopic (exact) mass is 373 g/mol. The lowest BCUT2D eigenvalue weighted by Gasteiger charge is -2.09. The molecular weight excluding hydrogens is 354 g/mol. The molecule has 1 aromatic heterocycles. The number of carbonyl (C=O) groups is 3. The summed E-state index contributed by atoms with van der Waals surface area (Å²) in [5, 5.41) is 5.17. The van der Waals surface area contributed by atoms with Crippen LogP contribution in [0.1, 0.15) is 21.5 Å². The molecule has 2 rings (SSSR count). The molecule has 7 nitrogen and oxygen atoms in total. The van der Waals surface area contributed by atoms with Crippen LogP contribution in [0, 0.1) is 13.8 Å². The quantitative estimate of drug-likeness (QED) is 0.618. The number of nitrogens with one attached hydrogen (secondary N) is 2. The summed E-state index contributed by atoms with van der Waals surface area (Å²) in [4.78, 5) is 39.7. The highest BCUT2D eigenvalue weighted by Gasteiger charge is 2.16. The number of nitrogens with zero attached hydrogens (tertiary/aromatic N) is 1. The van der Waals surface area contributed by atoms with Gasteiger partial charge < -0.3 is 10.1 Å². The number of ether oxygens (including phenoxy) is 1. The van der Waals surface area contributed by atoms with Crippen molar-refractivity contribution < 1.29 is 19.1 Å². The van der Waals surface area contributed by atoms with Gasteiger partial charge in [-0.25, -0.2) is 14.6 Å². The number of hydrogen-bond donors (Lipinski definition) is 2. The summed E-state index contributed by atoms with van der Waals surface area (Å²) in [6.07, 6.45) is 3.34. The number of aryl methyl sites for hydroxylation is 2. The summed E-state index contributed by atoms with van der Waals surface area (Å²) >= 11 is 1.30. The van der Waals surface area contributed by atoms with Gasteiger partial charge in [0.05, 0.1) is 5.56 Å². The van der Waals surface area contributed by atoms with Crippen molar-refractivity contribution in [3.63, 3.8) is 0 Å². The Morgan fingerprint density at radius 2 is 1.92 bits per heavy atom. The zero-order chi connectivity index (χ0) is 19.1. The lowest BCUT2D eigenvalue weighted by atomic mass is 10.1. The Labute approximate surface area is 155 Å². The third-order valence-electron chi connectivity index (χ3n) is 3.54. The van der Waals surface area contributed by atoms with Crippen molar-refractivity contribution in [1.82, 2.24) is 10.3 Å². The van der Waals surface area contributed by atoms with Gasteiger partial charge in [-0.3, -0.25) is 10.1 Å². The second kappa shape index (κ2) is 9.00. The number of imide groups is 1. The highest BCUT2D eigenvalue weighted by atomic mass is 32.2. The average molecular weight is 373 g/mol. The lowest BCUT2D eigenvalue weighted by molar-refractivity contribution is -0.123. The Bertz CT molecular complexity index is 839. The molecule has 1 aromatic carbocycles. The normalized spacial score (nSPS) is 10.1. The minimum atomic E-state index is -0.728. The zero-order valence-corrected chi connectivity index (χ0v) is 15.5. The van der Waals surface area contributed by atoms with Gasteiger partial charge in [0.25, 0.3) is 5.91 Å². The molecular formula is C18H19N3O4S. The highest BCUT2D eigenvalue weighted by molar-refractivity contribution is 7.98. The molecule has 0 spiro atoms. The van der Waals surface area contributed by atoms with Crippen molar-refractivity contribution >= 4 is 35.4 Å². The maximum atomic E-state index is 12.0. The number of rotatable bonds is 5. The lowest BCUT2D eigenvalue weighted by Crippen LogP contribution is -2.37. The first-order valence-electron chi connectivity index (χ1n) is 7.75. The Hall–Kier alpha value is -2.87. The van der Waals surface area contributed by atoms with E-state index in [1.54, 1.807) is 36.7 Å². The third kappa shape index (κ3) is 5.32. The van der Waals surface area contributed by atoms with E-state index in [0.29, 0.717) is 10.7 Å². The molecule has 0 aliphatic heterocycles. The smallest absolute Gasteiger partial charge is 0.341 e. The number of aromatic nitrogens is 1. The molecule has 2 aromatic rings. The Morgan fingerprint density at radius 1 is 1.15 bits per heavy atom. The second-order valence-corrected chi connectivity index (χ2v) is 6.23. The van der Waals surface area contributed by atoms with Crippen molar-refractivity contribution in [3.05, 3.63) is 53.2 Å². The second-order valence-electron chi connectivity index (χ2n) is 5.44. The van der Waals surface area contributed by atoms with E-state index >= 15 is 0 Å². The number of urea groups is 1. The fourth-order valence-electron chi connectivity index (χ4n) is 2.06. The number of pyridine rings is 1. The van der Waals surface area contributed by atoms with Gasteiger partial charge in [0.15, 0.2) is 6.61 Å². The summed E-state index contributed by atoms with van der Waals surface area (Å²) < 4.78 is 4.93. The first kappa shape index (κ1) is 19.5. The topological polar surface area (TPSA) is 97.4 Å². The molecule has 0 fully saturated rings. The summed E-state index contributed by atoms with van der Waals surface area (Å²) in [6, 6.07) is 7.87. The number of carbonyl (C=O) groups excluding carboxylic acids is 3. The van der Waals surface area contributed by atoms with E-state index in [4.69, 9.17) is 4.74 Å². The molecule has 0 radical (unpaired) electrons. The molecule has 136 valence electrons. The fourth-order valence-corrected chi connectivity index (χ4v) is 2.60. The van der Waals surface area contributed by atoms with Crippen LogP contribution in [-0.4, -0.2) is 35.8 Å². The van der Waals surface area contributed by atoms with Gasteiger partial charge in [0.1, 0.15) is 5.03 Å². The Balaban J connectivity index is 1.85. The molecule has 3 amide bonds. The van der Waals surface area contributed by atoms with Crippen LogP contribution in [0.5, 0.6) is 0 Å². The molecule has 0 aliphatic carbocycles. The van der Waals surface area contributed by atoms with E-state index in [9.17, 15) is 14.4 Å². The van der Waals surface area contributed by atoms with Crippen LogP contribution in [0.4, 0.5) is 10.5 Å². The average Bonchev–Trinajstić information content (AvgIpc) is 2.62. The fraction of sp³-hybridized carbons (Fsp3) is 0.222. The predicted octanol–water partition coefficient (Wildman–Crippen LogP) is 2.93. The molecule has 0 atom stereocenters. The maximum Gasteiger partial charge on any atom is 0.341 e. The van der Waals surface area contributed by atoms with Gasteiger partial charge in [-0.1, -0.05) is 6.07 Å². The molecule has 8 heteroatoms. The van der Waals surface area contributed by atoms with Crippen molar-refractivity contribution in [1.29, 1.82) is 0 Å². The standard InChI is InChI=1S/C18H19N3O4S/c1-11-6-7-13(9-12(11)2)20-18(24)21-15(22)10-25-17(23)14-5-4-8-19-16(14)26-3/h4-9H,10H2,1-3H3,(H2,20,21,22,24). The van der Waals surface area contributed by atoms with Crippen LogP contribution in [0.3, 0.4) is 0 Å². The van der Waals surface area contributed by atoms with Crippen LogP contribution in [0.25, 0.3) is 0 Å². The molecule has 0 saturated heterocycles.